The molecule has 1 aromatic heterocycles. The van der Waals surface area contributed by atoms with Crippen molar-refractivity contribution >= 4 is 0 Å². The van der Waals surface area contributed by atoms with Crippen LogP contribution in [0.3, 0.4) is 0 Å². The standard InChI is InChI=1S/C12H12FN3O/c13-9-3-1-2-8(6-9)7-10-15-11(17-16-10)12(14)4-5-12/h1-3,6H,4-5,7,14H2. The third kappa shape index (κ3) is 2.06. The molecule has 0 spiro atoms. The van der Waals surface area contributed by atoms with E-state index < -0.39 is 5.54 Å². The fourth-order valence-electron chi connectivity index (χ4n) is 1.71. The van der Waals surface area contributed by atoms with Crippen LogP contribution in [0.15, 0.2) is 28.8 Å². The predicted octanol–water partition coefficient (Wildman–Crippen LogP) is 1.75. The first-order chi connectivity index (χ1) is 8.16. The summed E-state index contributed by atoms with van der Waals surface area (Å²) in [7, 11) is 0. The van der Waals surface area contributed by atoms with Crippen molar-refractivity contribution < 1.29 is 8.91 Å². The quantitative estimate of drug-likeness (QED) is 0.877. The van der Waals surface area contributed by atoms with Crippen molar-refractivity contribution in [2.45, 2.75) is 24.8 Å². The van der Waals surface area contributed by atoms with Gasteiger partial charge in [0.2, 0.25) is 5.89 Å². The lowest BCUT2D eigenvalue weighted by molar-refractivity contribution is 0.344. The molecule has 0 unspecified atom stereocenters. The molecule has 1 aliphatic rings. The highest BCUT2D eigenvalue weighted by Gasteiger charge is 2.45. The summed E-state index contributed by atoms with van der Waals surface area (Å²) in [6.07, 6.45) is 2.22. The van der Waals surface area contributed by atoms with Crippen molar-refractivity contribution in [1.82, 2.24) is 10.1 Å². The Morgan fingerprint density at radius 2 is 2.24 bits per heavy atom. The minimum atomic E-state index is -0.410. The lowest BCUT2D eigenvalue weighted by Crippen LogP contribution is -2.19. The minimum Gasteiger partial charge on any atom is -0.337 e. The largest absolute Gasteiger partial charge is 0.337 e. The van der Waals surface area contributed by atoms with E-state index in [0.717, 1.165) is 18.4 Å². The molecule has 0 aliphatic heterocycles. The average molecular weight is 233 g/mol. The molecular weight excluding hydrogens is 221 g/mol. The van der Waals surface area contributed by atoms with E-state index in [2.05, 4.69) is 10.1 Å². The highest BCUT2D eigenvalue weighted by atomic mass is 19.1. The summed E-state index contributed by atoms with van der Waals surface area (Å²) >= 11 is 0. The second kappa shape index (κ2) is 3.63. The molecule has 1 fully saturated rings. The summed E-state index contributed by atoms with van der Waals surface area (Å²) in [4.78, 5) is 4.24. The molecule has 0 saturated heterocycles. The van der Waals surface area contributed by atoms with Gasteiger partial charge in [0.15, 0.2) is 5.82 Å². The maximum absolute atomic E-state index is 13.0. The van der Waals surface area contributed by atoms with Crippen molar-refractivity contribution in [1.29, 1.82) is 0 Å². The number of hydrogen-bond acceptors (Lipinski definition) is 4. The van der Waals surface area contributed by atoms with Gasteiger partial charge in [-0.15, -0.1) is 0 Å². The molecule has 2 aromatic rings. The molecule has 0 radical (unpaired) electrons. The zero-order valence-corrected chi connectivity index (χ0v) is 9.19. The van der Waals surface area contributed by atoms with Gasteiger partial charge in [-0.1, -0.05) is 17.3 Å². The maximum atomic E-state index is 13.0. The van der Waals surface area contributed by atoms with E-state index in [-0.39, 0.29) is 5.82 Å². The summed E-state index contributed by atoms with van der Waals surface area (Å²) in [6, 6.07) is 6.36. The van der Waals surface area contributed by atoms with Crippen molar-refractivity contribution in [3.63, 3.8) is 0 Å². The second-order valence-electron chi connectivity index (χ2n) is 4.48. The van der Waals surface area contributed by atoms with E-state index >= 15 is 0 Å². The molecule has 4 nitrogen and oxygen atoms in total. The maximum Gasteiger partial charge on any atom is 0.246 e. The van der Waals surface area contributed by atoms with Gasteiger partial charge in [-0.25, -0.2) is 4.39 Å². The molecular formula is C12H12FN3O. The highest BCUT2D eigenvalue weighted by Crippen LogP contribution is 2.41. The van der Waals surface area contributed by atoms with Crippen LogP contribution in [0.5, 0.6) is 0 Å². The van der Waals surface area contributed by atoms with E-state index in [1.54, 1.807) is 6.07 Å². The molecule has 0 atom stereocenters. The zero-order chi connectivity index (χ0) is 11.9. The average Bonchev–Trinajstić information content (AvgIpc) is 2.87. The van der Waals surface area contributed by atoms with E-state index in [4.69, 9.17) is 10.3 Å². The van der Waals surface area contributed by atoms with Crippen LogP contribution < -0.4 is 5.73 Å². The fourth-order valence-corrected chi connectivity index (χ4v) is 1.71. The van der Waals surface area contributed by atoms with Gasteiger partial charge in [-0.05, 0) is 30.5 Å². The molecule has 1 aliphatic carbocycles. The third-order valence-electron chi connectivity index (χ3n) is 2.93. The Balaban J connectivity index is 1.79. The van der Waals surface area contributed by atoms with Crippen molar-refractivity contribution in [3.05, 3.63) is 47.4 Å². The Morgan fingerprint density at radius 3 is 2.94 bits per heavy atom. The van der Waals surface area contributed by atoms with Crippen molar-refractivity contribution in [2.24, 2.45) is 5.73 Å². The Morgan fingerprint density at radius 1 is 1.41 bits per heavy atom. The number of hydrogen-bond donors (Lipinski definition) is 1. The van der Waals surface area contributed by atoms with Gasteiger partial charge in [0.25, 0.3) is 0 Å². The van der Waals surface area contributed by atoms with E-state index in [1.807, 2.05) is 6.07 Å². The number of aromatic nitrogens is 2. The second-order valence-corrected chi connectivity index (χ2v) is 4.48. The SMILES string of the molecule is NC1(c2nc(Cc3cccc(F)c3)no2)CC1. The van der Waals surface area contributed by atoms with Crippen LogP contribution >= 0.6 is 0 Å². The highest BCUT2D eigenvalue weighted by molar-refractivity contribution is 5.20. The predicted molar refractivity (Wildman–Crippen MR) is 58.6 cm³/mol. The number of nitrogens with two attached hydrogens (primary N) is 1. The van der Waals surface area contributed by atoms with Crippen LogP contribution in [0, 0.1) is 5.82 Å². The normalized spacial score (nSPS) is 17.1. The monoisotopic (exact) mass is 233 g/mol. The molecule has 88 valence electrons. The van der Waals surface area contributed by atoms with Gasteiger partial charge in [0.1, 0.15) is 5.82 Å². The van der Waals surface area contributed by atoms with Gasteiger partial charge >= 0.3 is 0 Å². The first kappa shape index (κ1) is 10.4. The number of nitrogens with zero attached hydrogens (tertiary/aromatic N) is 2. The molecule has 1 saturated carbocycles. The molecule has 2 N–H and O–H groups in total. The summed E-state index contributed by atoms with van der Waals surface area (Å²) in [5.74, 6) is 0.773. The van der Waals surface area contributed by atoms with Gasteiger partial charge in [0.05, 0.1) is 5.54 Å². The van der Waals surface area contributed by atoms with Gasteiger partial charge < -0.3 is 10.3 Å². The van der Waals surface area contributed by atoms with E-state index in [1.165, 1.54) is 12.1 Å². The Labute approximate surface area is 97.6 Å². The summed E-state index contributed by atoms with van der Waals surface area (Å²) in [5.41, 5.74) is 6.35. The van der Waals surface area contributed by atoms with E-state index in [0.29, 0.717) is 18.1 Å². The van der Waals surface area contributed by atoms with Crippen LogP contribution in [0.4, 0.5) is 4.39 Å². The summed E-state index contributed by atoms with van der Waals surface area (Å²) in [6.45, 7) is 0. The zero-order valence-electron chi connectivity index (χ0n) is 9.19. The van der Waals surface area contributed by atoms with Gasteiger partial charge in [-0.2, -0.15) is 4.98 Å². The topological polar surface area (TPSA) is 64.9 Å². The third-order valence-corrected chi connectivity index (χ3v) is 2.93. The van der Waals surface area contributed by atoms with Crippen LogP contribution in [-0.2, 0) is 12.0 Å². The molecule has 17 heavy (non-hydrogen) atoms. The molecule has 3 rings (SSSR count). The first-order valence-electron chi connectivity index (χ1n) is 5.52. The van der Waals surface area contributed by atoms with Crippen LogP contribution in [-0.4, -0.2) is 10.1 Å². The van der Waals surface area contributed by atoms with Crippen molar-refractivity contribution in [2.75, 3.05) is 0 Å². The first-order valence-corrected chi connectivity index (χ1v) is 5.52. The van der Waals surface area contributed by atoms with Crippen LogP contribution in [0.2, 0.25) is 0 Å². The Hall–Kier alpha value is -1.75. The lowest BCUT2D eigenvalue weighted by atomic mass is 10.1. The van der Waals surface area contributed by atoms with Crippen molar-refractivity contribution in [3.8, 4) is 0 Å². The lowest BCUT2D eigenvalue weighted by Gasteiger charge is -1.98. The minimum absolute atomic E-state index is 0.260. The smallest absolute Gasteiger partial charge is 0.246 e. The molecule has 5 heteroatoms. The summed E-state index contributed by atoms with van der Waals surface area (Å²) < 4.78 is 18.1. The number of benzene rings is 1. The van der Waals surface area contributed by atoms with E-state index in [9.17, 15) is 4.39 Å². The molecule has 0 bridgehead atoms. The van der Waals surface area contributed by atoms with Crippen LogP contribution in [0.1, 0.15) is 30.1 Å². The van der Waals surface area contributed by atoms with Gasteiger partial charge in [-0.3, -0.25) is 0 Å². The fraction of sp³-hybridized carbons (Fsp3) is 0.333. The Bertz CT molecular complexity index is 548. The number of halogens is 1. The van der Waals surface area contributed by atoms with Gasteiger partial charge in [0, 0.05) is 6.42 Å². The molecule has 1 aromatic carbocycles. The number of rotatable bonds is 3. The Kier molecular flexibility index (Phi) is 2.22. The molecule has 0 amide bonds. The van der Waals surface area contributed by atoms with Crippen LogP contribution in [0.25, 0.3) is 0 Å². The summed E-state index contributed by atoms with van der Waals surface area (Å²) in [5, 5.41) is 3.86. The molecule has 1 heterocycles.